The molecule has 1 unspecified atom stereocenters. The van der Waals surface area contributed by atoms with Crippen LogP contribution < -0.4 is 4.74 Å². The van der Waals surface area contributed by atoms with Crippen molar-refractivity contribution in [3.8, 4) is 5.75 Å². The zero-order chi connectivity index (χ0) is 14.9. The summed E-state index contributed by atoms with van der Waals surface area (Å²) in [4.78, 5) is 0.383. The Morgan fingerprint density at radius 3 is 2.33 bits per heavy atom. The summed E-state index contributed by atoms with van der Waals surface area (Å²) >= 11 is 0. The molecule has 1 aromatic rings. The Labute approximate surface area is 127 Å². The monoisotopic (exact) mass is 309 g/mol. The summed E-state index contributed by atoms with van der Waals surface area (Å²) in [6, 6.07) is 6.94. The van der Waals surface area contributed by atoms with Gasteiger partial charge in [-0.15, -0.1) is 0 Å². The fraction of sp³-hybridized carbons (Fsp3) is 0.625. The maximum atomic E-state index is 12.9. The highest BCUT2D eigenvalue weighted by atomic mass is 32.2. The van der Waals surface area contributed by atoms with Gasteiger partial charge in [0.2, 0.25) is 10.0 Å². The van der Waals surface area contributed by atoms with Gasteiger partial charge in [-0.05, 0) is 55.9 Å². The largest absolute Gasteiger partial charge is 0.497 e. The maximum absolute atomic E-state index is 12.9. The van der Waals surface area contributed by atoms with Gasteiger partial charge in [-0.2, -0.15) is 4.31 Å². The zero-order valence-corrected chi connectivity index (χ0v) is 13.3. The molecule has 2 aliphatic rings. The van der Waals surface area contributed by atoms with Crippen molar-refractivity contribution < 1.29 is 13.2 Å². The number of rotatable bonds is 4. The second-order valence-electron chi connectivity index (χ2n) is 6.05. The molecule has 1 saturated heterocycles. The van der Waals surface area contributed by atoms with Crippen LogP contribution in [0.1, 0.15) is 38.5 Å². The number of methoxy groups -OCH3 is 1. The standard InChI is InChI=1S/C16H23NO3S/c1-20-14-8-10-15(11-9-14)21(18,19)17-12-4-7-16(17)13-5-2-3-6-13/h8-11,13,16H,2-7,12H2,1H3. The van der Waals surface area contributed by atoms with Crippen LogP contribution in [0, 0.1) is 5.92 Å². The Morgan fingerprint density at radius 1 is 1.05 bits per heavy atom. The third-order valence-corrected chi connectivity index (χ3v) is 6.80. The number of hydrogen-bond acceptors (Lipinski definition) is 3. The van der Waals surface area contributed by atoms with E-state index in [1.54, 1.807) is 35.7 Å². The number of nitrogens with zero attached hydrogens (tertiary/aromatic N) is 1. The summed E-state index contributed by atoms with van der Waals surface area (Å²) in [6.45, 7) is 0.662. The molecule has 1 aliphatic heterocycles. The van der Waals surface area contributed by atoms with Crippen molar-refractivity contribution in [1.29, 1.82) is 0 Å². The van der Waals surface area contributed by atoms with E-state index in [2.05, 4.69) is 0 Å². The lowest BCUT2D eigenvalue weighted by Crippen LogP contribution is -2.39. The average molecular weight is 309 g/mol. The Kier molecular flexibility index (Phi) is 4.22. The summed E-state index contributed by atoms with van der Waals surface area (Å²) in [7, 11) is -1.79. The minimum Gasteiger partial charge on any atom is -0.497 e. The molecule has 5 heteroatoms. The quantitative estimate of drug-likeness (QED) is 0.859. The Morgan fingerprint density at radius 2 is 1.71 bits per heavy atom. The van der Waals surface area contributed by atoms with Gasteiger partial charge in [-0.1, -0.05) is 12.8 Å². The van der Waals surface area contributed by atoms with Crippen LogP contribution in [0.4, 0.5) is 0 Å². The van der Waals surface area contributed by atoms with Crippen molar-refractivity contribution in [2.24, 2.45) is 5.92 Å². The van der Waals surface area contributed by atoms with Crippen molar-refractivity contribution in [3.63, 3.8) is 0 Å². The van der Waals surface area contributed by atoms with E-state index in [-0.39, 0.29) is 6.04 Å². The normalized spacial score (nSPS) is 24.5. The van der Waals surface area contributed by atoms with Crippen LogP contribution in [0.2, 0.25) is 0 Å². The highest BCUT2D eigenvalue weighted by Crippen LogP contribution is 2.38. The van der Waals surface area contributed by atoms with Gasteiger partial charge in [0.05, 0.1) is 12.0 Å². The first-order valence-electron chi connectivity index (χ1n) is 7.79. The SMILES string of the molecule is COc1ccc(S(=O)(=O)N2CCCC2C2CCCC2)cc1. The van der Waals surface area contributed by atoms with E-state index >= 15 is 0 Å². The fourth-order valence-electron chi connectivity index (χ4n) is 3.76. The summed E-state index contributed by atoms with van der Waals surface area (Å²) in [5.41, 5.74) is 0. The number of sulfonamides is 1. The maximum Gasteiger partial charge on any atom is 0.243 e. The molecular formula is C16H23NO3S. The Hall–Kier alpha value is -1.07. The van der Waals surface area contributed by atoms with Crippen LogP contribution in [0.15, 0.2) is 29.2 Å². The lowest BCUT2D eigenvalue weighted by atomic mass is 9.97. The van der Waals surface area contributed by atoms with Gasteiger partial charge < -0.3 is 4.74 Å². The first-order valence-corrected chi connectivity index (χ1v) is 9.23. The lowest BCUT2D eigenvalue weighted by Gasteiger charge is -2.28. The molecule has 3 rings (SSSR count). The third-order valence-electron chi connectivity index (χ3n) is 4.86. The molecule has 0 aromatic heterocycles. The van der Waals surface area contributed by atoms with E-state index in [4.69, 9.17) is 4.74 Å². The van der Waals surface area contributed by atoms with Gasteiger partial charge >= 0.3 is 0 Å². The van der Waals surface area contributed by atoms with Gasteiger partial charge in [0.25, 0.3) is 0 Å². The van der Waals surface area contributed by atoms with E-state index in [1.165, 1.54) is 25.7 Å². The summed E-state index contributed by atoms with van der Waals surface area (Å²) < 4.78 is 32.6. The molecule has 1 aliphatic carbocycles. The minimum atomic E-state index is -3.37. The molecule has 0 N–H and O–H groups in total. The van der Waals surface area contributed by atoms with E-state index in [0.29, 0.717) is 23.1 Å². The lowest BCUT2D eigenvalue weighted by molar-refractivity contribution is 0.288. The molecule has 1 atom stereocenters. The molecule has 0 bridgehead atoms. The van der Waals surface area contributed by atoms with Crippen LogP contribution in [-0.2, 0) is 10.0 Å². The van der Waals surface area contributed by atoms with E-state index < -0.39 is 10.0 Å². The average Bonchev–Trinajstić information content (AvgIpc) is 3.17. The Balaban J connectivity index is 1.85. The number of benzene rings is 1. The molecule has 4 nitrogen and oxygen atoms in total. The van der Waals surface area contributed by atoms with Crippen molar-refractivity contribution in [2.75, 3.05) is 13.7 Å². The topological polar surface area (TPSA) is 46.6 Å². The van der Waals surface area contributed by atoms with Crippen LogP contribution in [-0.4, -0.2) is 32.4 Å². The molecule has 0 radical (unpaired) electrons. The van der Waals surface area contributed by atoms with Gasteiger partial charge in [0, 0.05) is 12.6 Å². The molecule has 0 amide bonds. The molecular weight excluding hydrogens is 286 g/mol. The van der Waals surface area contributed by atoms with Gasteiger partial charge in [-0.25, -0.2) is 8.42 Å². The molecule has 1 aromatic carbocycles. The summed E-state index contributed by atoms with van der Waals surface area (Å²) in [6.07, 6.45) is 6.85. The van der Waals surface area contributed by atoms with Crippen molar-refractivity contribution in [2.45, 2.75) is 49.5 Å². The summed E-state index contributed by atoms with van der Waals surface area (Å²) in [5.74, 6) is 1.24. The van der Waals surface area contributed by atoms with E-state index in [9.17, 15) is 8.42 Å². The predicted octanol–water partition coefficient (Wildman–Crippen LogP) is 3.04. The number of ether oxygens (including phenoxy) is 1. The van der Waals surface area contributed by atoms with Crippen molar-refractivity contribution in [1.82, 2.24) is 4.31 Å². The van der Waals surface area contributed by atoms with Crippen LogP contribution in [0.5, 0.6) is 5.75 Å². The van der Waals surface area contributed by atoms with Gasteiger partial charge in [0.1, 0.15) is 5.75 Å². The molecule has 0 spiro atoms. The van der Waals surface area contributed by atoms with Crippen LogP contribution >= 0.6 is 0 Å². The molecule has 2 fully saturated rings. The van der Waals surface area contributed by atoms with Gasteiger partial charge in [-0.3, -0.25) is 0 Å². The predicted molar refractivity (Wildman–Crippen MR) is 81.9 cm³/mol. The van der Waals surface area contributed by atoms with Crippen LogP contribution in [0.25, 0.3) is 0 Å². The second-order valence-corrected chi connectivity index (χ2v) is 7.94. The summed E-state index contributed by atoms with van der Waals surface area (Å²) in [5, 5.41) is 0. The van der Waals surface area contributed by atoms with E-state index in [1.807, 2.05) is 0 Å². The number of hydrogen-bond donors (Lipinski definition) is 0. The van der Waals surface area contributed by atoms with Crippen LogP contribution in [0.3, 0.4) is 0 Å². The molecule has 21 heavy (non-hydrogen) atoms. The zero-order valence-electron chi connectivity index (χ0n) is 12.5. The highest BCUT2D eigenvalue weighted by molar-refractivity contribution is 7.89. The van der Waals surface area contributed by atoms with E-state index in [0.717, 1.165) is 12.8 Å². The highest BCUT2D eigenvalue weighted by Gasteiger charge is 2.40. The Bertz CT molecular complexity index is 576. The first kappa shape index (κ1) is 14.9. The molecule has 1 saturated carbocycles. The second kappa shape index (κ2) is 5.97. The van der Waals surface area contributed by atoms with Gasteiger partial charge in [0.15, 0.2) is 0 Å². The molecule has 116 valence electrons. The molecule has 1 heterocycles. The minimum absolute atomic E-state index is 0.208. The van der Waals surface area contributed by atoms with Crippen molar-refractivity contribution in [3.05, 3.63) is 24.3 Å². The first-order chi connectivity index (χ1) is 10.1. The fourth-order valence-corrected chi connectivity index (χ4v) is 5.51. The smallest absolute Gasteiger partial charge is 0.243 e. The third kappa shape index (κ3) is 2.81. The van der Waals surface area contributed by atoms with Crippen molar-refractivity contribution >= 4 is 10.0 Å².